The van der Waals surface area contributed by atoms with Crippen LogP contribution in [0, 0.1) is 5.41 Å². The lowest BCUT2D eigenvalue weighted by molar-refractivity contribution is -0.132. The fourth-order valence-electron chi connectivity index (χ4n) is 0.752. The molecule has 3 nitrogen and oxygen atoms in total. The van der Waals surface area contributed by atoms with Gasteiger partial charge >= 0.3 is 5.97 Å². The zero-order valence-electron chi connectivity index (χ0n) is 8.68. The minimum atomic E-state index is -0.929. The SMILES string of the molecule is C=C(CNCC(C)(C)CC)C(=O)O. The highest BCUT2D eigenvalue weighted by atomic mass is 16.4. The van der Waals surface area contributed by atoms with Crippen LogP contribution in [0.1, 0.15) is 27.2 Å². The summed E-state index contributed by atoms with van der Waals surface area (Å²) in [4.78, 5) is 10.4. The van der Waals surface area contributed by atoms with E-state index in [0.717, 1.165) is 13.0 Å². The molecule has 13 heavy (non-hydrogen) atoms. The average molecular weight is 185 g/mol. The molecule has 0 saturated heterocycles. The van der Waals surface area contributed by atoms with Crippen molar-refractivity contribution in [3.05, 3.63) is 12.2 Å². The van der Waals surface area contributed by atoms with E-state index in [1.165, 1.54) is 0 Å². The van der Waals surface area contributed by atoms with Crippen molar-refractivity contribution in [3.8, 4) is 0 Å². The molecule has 0 aromatic rings. The van der Waals surface area contributed by atoms with Gasteiger partial charge < -0.3 is 10.4 Å². The van der Waals surface area contributed by atoms with Crippen molar-refractivity contribution in [3.63, 3.8) is 0 Å². The Kier molecular flexibility index (Phi) is 4.70. The third-order valence-electron chi connectivity index (χ3n) is 2.20. The lowest BCUT2D eigenvalue weighted by Gasteiger charge is -2.22. The highest BCUT2D eigenvalue weighted by molar-refractivity contribution is 5.86. The van der Waals surface area contributed by atoms with Crippen LogP contribution in [0.5, 0.6) is 0 Å². The summed E-state index contributed by atoms with van der Waals surface area (Å²) in [5.41, 5.74) is 0.436. The Hall–Kier alpha value is -0.830. The Bertz CT molecular complexity index is 197. The molecule has 0 aliphatic rings. The fraction of sp³-hybridized carbons (Fsp3) is 0.700. The van der Waals surface area contributed by atoms with Gasteiger partial charge in [-0.05, 0) is 11.8 Å². The van der Waals surface area contributed by atoms with E-state index in [1.807, 2.05) is 0 Å². The molecule has 2 N–H and O–H groups in total. The highest BCUT2D eigenvalue weighted by Gasteiger charge is 2.14. The minimum absolute atomic E-state index is 0.215. The van der Waals surface area contributed by atoms with E-state index in [0.29, 0.717) is 6.54 Å². The molecule has 0 aromatic carbocycles. The maximum absolute atomic E-state index is 10.4. The summed E-state index contributed by atoms with van der Waals surface area (Å²) >= 11 is 0. The quantitative estimate of drug-likeness (QED) is 0.619. The van der Waals surface area contributed by atoms with Gasteiger partial charge in [0.15, 0.2) is 0 Å². The van der Waals surface area contributed by atoms with Crippen molar-refractivity contribution in [2.24, 2.45) is 5.41 Å². The van der Waals surface area contributed by atoms with Crippen molar-refractivity contribution in [1.82, 2.24) is 5.32 Å². The van der Waals surface area contributed by atoms with Gasteiger partial charge in [0, 0.05) is 18.7 Å². The molecule has 0 radical (unpaired) electrons. The van der Waals surface area contributed by atoms with Crippen LogP contribution in [0.2, 0.25) is 0 Å². The summed E-state index contributed by atoms with van der Waals surface area (Å²) in [6, 6.07) is 0. The number of carboxylic acids is 1. The summed E-state index contributed by atoms with van der Waals surface area (Å²) in [5.74, 6) is -0.929. The van der Waals surface area contributed by atoms with E-state index in [1.54, 1.807) is 0 Å². The van der Waals surface area contributed by atoms with Crippen LogP contribution in [0.3, 0.4) is 0 Å². The van der Waals surface area contributed by atoms with Crippen molar-refractivity contribution in [1.29, 1.82) is 0 Å². The van der Waals surface area contributed by atoms with Crippen LogP contribution in [0.15, 0.2) is 12.2 Å². The molecule has 0 amide bonds. The Morgan fingerprint density at radius 2 is 2.08 bits per heavy atom. The van der Waals surface area contributed by atoms with Crippen LogP contribution >= 0.6 is 0 Å². The molecule has 0 aromatic heterocycles. The lowest BCUT2D eigenvalue weighted by Crippen LogP contribution is -2.31. The Labute approximate surface area is 79.8 Å². The predicted octanol–water partition coefficient (Wildman–Crippen LogP) is 1.65. The third-order valence-corrected chi connectivity index (χ3v) is 2.20. The number of hydrogen-bond acceptors (Lipinski definition) is 2. The fourth-order valence-corrected chi connectivity index (χ4v) is 0.752. The molecular formula is C10H19NO2. The summed E-state index contributed by atoms with van der Waals surface area (Å²) < 4.78 is 0. The number of carbonyl (C=O) groups is 1. The normalized spacial score (nSPS) is 11.3. The molecule has 0 bridgehead atoms. The summed E-state index contributed by atoms with van der Waals surface area (Å²) in [6.45, 7) is 11.0. The second-order valence-electron chi connectivity index (χ2n) is 4.03. The number of nitrogens with one attached hydrogen (secondary N) is 1. The lowest BCUT2D eigenvalue weighted by atomic mass is 9.90. The van der Waals surface area contributed by atoms with E-state index in [2.05, 4.69) is 32.7 Å². The first-order chi connectivity index (χ1) is 5.89. The van der Waals surface area contributed by atoms with E-state index < -0.39 is 5.97 Å². The van der Waals surface area contributed by atoms with Crippen LogP contribution in [-0.4, -0.2) is 24.2 Å². The number of carboxylic acid groups (broad SMARTS) is 1. The Balaban J connectivity index is 3.68. The number of aliphatic carboxylic acids is 1. The van der Waals surface area contributed by atoms with Crippen LogP contribution < -0.4 is 5.32 Å². The molecule has 0 unspecified atom stereocenters. The molecule has 0 heterocycles. The van der Waals surface area contributed by atoms with Gasteiger partial charge in [-0.15, -0.1) is 0 Å². The van der Waals surface area contributed by atoms with Gasteiger partial charge in [0.05, 0.1) is 0 Å². The maximum Gasteiger partial charge on any atom is 0.332 e. The number of hydrogen-bond donors (Lipinski definition) is 2. The molecule has 76 valence electrons. The van der Waals surface area contributed by atoms with Gasteiger partial charge in [0.1, 0.15) is 0 Å². The Morgan fingerprint density at radius 3 is 2.46 bits per heavy atom. The first-order valence-corrected chi connectivity index (χ1v) is 4.51. The van der Waals surface area contributed by atoms with E-state index in [4.69, 9.17) is 5.11 Å². The molecule has 0 atom stereocenters. The molecule has 0 spiro atoms. The van der Waals surface area contributed by atoms with Crippen molar-refractivity contribution >= 4 is 5.97 Å². The molecular weight excluding hydrogens is 166 g/mol. The molecule has 0 aliphatic heterocycles. The topological polar surface area (TPSA) is 49.3 Å². The van der Waals surface area contributed by atoms with Crippen molar-refractivity contribution in [2.45, 2.75) is 27.2 Å². The standard InChI is InChI=1S/C10H19NO2/c1-5-10(3,4)7-11-6-8(2)9(12)13/h11H,2,5-7H2,1,3-4H3,(H,12,13). The average Bonchev–Trinajstić information content (AvgIpc) is 2.04. The van der Waals surface area contributed by atoms with E-state index >= 15 is 0 Å². The van der Waals surface area contributed by atoms with Crippen molar-refractivity contribution in [2.75, 3.05) is 13.1 Å². The monoisotopic (exact) mass is 185 g/mol. The van der Waals surface area contributed by atoms with Gasteiger partial charge in [-0.1, -0.05) is 27.4 Å². The summed E-state index contributed by atoms with van der Waals surface area (Å²) in [7, 11) is 0. The third kappa shape index (κ3) is 5.42. The van der Waals surface area contributed by atoms with Crippen LogP contribution in [0.4, 0.5) is 0 Å². The molecule has 0 fully saturated rings. The smallest absolute Gasteiger partial charge is 0.332 e. The zero-order chi connectivity index (χ0) is 10.5. The predicted molar refractivity (Wildman–Crippen MR) is 53.7 cm³/mol. The van der Waals surface area contributed by atoms with Crippen LogP contribution in [0.25, 0.3) is 0 Å². The van der Waals surface area contributed by atoms with Gasteiger partial charge in [-0.25, -0.2) is 4.79 Å². The van der Waals surface area contributed by atoms with Gasteiger partial charge in [0.25, 0.3) is 0 Å². The van der Waals surface area contributed by atoms with Crippen LogP contribution in [-0.2, 0) is 4.79 Å². The van der Waals surface area contributed by atoms with E-state index in [-0.39, 0.29) is 11.0 Å². The second kappa shape index (κ2) is 5.02. The second-order valence-corrected chi connectivity index (χ2v) is 4.03. The zero-order valence-corrected chi connectivity index (χ0v) is 8.68. The molecule has 0 saturated carbocycles. The first-order valence-electron chi connectivity index (χ1n) is 4.51. The molecule has 0 rings (SSSR count). The number of rotatable bonds is 6. The molecule has 0 aliphatic carbocycles. The summed E-state index contributed by atoms with van der Waals surface area (Å²) in [5, 5.41) is 11.6. The van der Waals surface area contributed by atoms with E-state index in [9.17, 15) is 4.79 Å². The van der Waals surface area contributed by atoms with Crippen molar-refractivity contribution < 1.29 is 9.90 Å². The molecule has 3 heteroatoms. The Morgan fingerprint density at radius 1 is 1.54 bits per heavy atom. The maximum atomic E-state index is 10.4. The largest absolute Gasteiger partial charge is 0.478 e. The van der Waals surface area contributed by atoms with Gasteiger partial charge in [-0.2, -0.15) is 0 Å². The van der Waals surface area contributed by atoms with Gasteiger partial charge in [-0.3, -0.25) is 0 Å². The minimum Gasteiger partial charge on any atom is -0.478 e. The first kappa shape index (κ1) is 12.2. The summed E-state index contributed by atoms with van der Waals surface area (Å²) in [6.07, 6.45) is 1.07. The van der Waals surface area contributed by atoms with Gasteiger partial charge in [0.2, 0.25) is 0 Å². The highest BCUT2D eigenvalue weighted by Crippen LogP contribution is 2.17.